The Morgan fingerprint density at radius 3 is 2.00 bits per heavy atom. The van der Waals surface area contributed by atoms with Crippen molar-refractivity contribution in [1.29, 1.82) is 0 Å². The fourth-order valence-corrected chi connectivity index (χ4v) is 0.987. The van der Waals surface area contributed by atoms with Crippen molar-refractivity contribution in [1.82, 2.24) is 15.4 Å². The molecule has 0 spiro atoms. The molecule has 0 fully saturated rings. The van der Waals surface area contributed by atoms with E-state index in [2.05, 4.69) is 15.4 Å². The third-order valence-corrected chi connectivity index (χ3v) is 1.59. The Hall–Kier alpha value is -1.74. The van der Waals surface area contributed by atoms with Crippen LogP contribution in [0.25, 0.3) is 6.08 Å². The molecule has 15 heavy (non-hydrogen) atoms. The van der Waals surface area contributed by atoms with Crippen LogP contribution in [0.5, 0.6) is 0 Å². The third-order valence-electron chi connectivity index (χ3n) is 1.46. The molecule has 0 amide bonds. The highest BCUT2D eigenvalue weighted by Crippen LogP contribution is 2.00. The van der Waals surface area contributed by atoms with Crippen molar-refractivity contribution in [2.75, 3.05) is 0 Å². The smallest absolute Gasteiger partial charge is 0.0529 e. The summed E-state index contributed by atoms with van der Waals surface area (Å²) in [5, 5.41) is 10.1. The fourth-order valence-electron chi connectivity index (χ4n) is 0.842. The third kappa shape index (κ3) is 5.54. The predicted molar refractivity (Wildman–Crippen MR) is 61.2 cm³/mol. The molecule has 3 nitrogen and oxygen atoms in total. The second kappa shape index (κ2) is 7.64. The molecular formula is C11H10ClN3. The van der Waals surface area contributed by atoms with Crippen molar-refractivity contribution in [3.05, 3.63) is 59.9 Å². The van der Waals surface area contributed by atoms with Gasteiger partial charge in [-0.05, 0) is 22.9 Å². The monoisotopic (exact) mass is 219 g/mol. The first kappa shape index (κ1) is 11.3. The van der Waals surface area contributed by atoms with E-state index < -0.39 is 0 Å². The molecule has 0 bridgehead atoms. The number of hydrogen-bond acceptors (Lipinski definition) is 3. The van der Waals surface area contributed by atoms with Gasteiger partial charge >= 0.3 is 0 Å². The van der Waals surface area contributed by atoms with E-state index in [1.165, 1.54) is 5.54 Å². The molecule has 0 aliphatic rings. The fraction of sp³-hybridized carbons (Fsp3) is 0. The zero-order valence-corrected chi connectivity index (χ0v) is 8.75. The first-order valence-electron chi connectivity index (χ1n) is 4.33. The van der Waals surface area contributed by atoms with Crippen molar-refractivity contribution in [2.45, 2.75) is 0 Å². The summed E-state index contributed by atoms with van der Waals surface area (Å²) in [6.45, 7) is 0. The van der Waals surface area contributed by atoms with Gasteiger partial charge in [0.05, 0.1) is 12.4 Å². The van der Waals surface area contributed by atoms with Crippen LogP contribution in [0.2, 0.25) is 0 Å². The summed E-state index contributed by atoms with van der Waals surface area (Å²) in [5.74, 6) is 0. The summed E-state index contributed by atoms with van der Waals surface area (Å²) in [6.07, 6.45) is 5.00. The van der Waals surface area contributed by atoms with Crippen LogP contribution in [0.15, 0.2) is 54.3 Å². The van der Waals surface area contributed by atoms with E-state index >= 15 is 0 Å². The van der Waals surface area contributed by atoms with Crippen LogP contribution in [0.4, 0.5) is 0 Å². The zero-order chi connectivity index (χ0) is 10.8. The van der Waals surface area contributed by atoms with Crippen molar-refractivity contribution in [2.24, 2.45) is 0 Å². The Balaban J connectivity index is 0.000000162. The van der Waals surface area contributed by atoms with Gasteiger partial charge in [-0.2, -0.15) is 0 Å². The molecule has 1 aromatic carbocycles. The topological polar surface area (TPSA) is 38.7 Å². The van der Waals surface area contributed by atoms with Gasteiger partial charge in [-0.3, -0.25) is 0 Å². The van der Waals surface area contributed by atoms with E-state index in [-0.39, 0.29) is 0 Å². The van der Waals surface area contributed by atoms with Crippen LogP contribution in [-0.4, -0.2) is 15.4 Å². The number of hydrogen-bond donors (Lipinski definition) is 0. The Morgan fingerprint density at radius 1 is 0.933 bits per heavy atom. The molecule has 1 heterocycles. The summed E-state index contributed by atoms with van der Waals surface area (Å²) in [4.78, 5) is 0. The lowest BCUT2D eigenvalue weighted by molar-refractivity contribution is 0.865. The van der Waals surface area contributed by atoms with Crippen LogP contribution in [-0.2, 0) is 0 Å². The molecule has 1 aromatic heterocycles. The van der Waals surface area contributed by atoms with Crippen LogP contribution in [0.1, 0.15) is 5.56 Å². The molecule has 0 saturated heterocycles. The van der Waals surface area contributed by atoms with Gasteiger partial charge < -0.3 is 0 Å². The molecule has 2 aromatic rings. The zero-order valence-electron chi connectivity index (χ0n) is 7.99. The maximum Gasteiger partial charge on any atom is 0.0529 e. The highest BCUT2D eigenvalue weighted by Gasteiger charge is 1.78. The number of halogens is 1. The summed E-state index contributed by atoms with van der Waals surface area (Å²) < 4.78 is 0. The number of benzene rings is 1. The molecule has 0 aliphatic carbocycles. The van der Waals surface area contributed by atoms with E-state index in [0.717, 1.165) is 5.56 Å². The van der Waals surface area contributed by atoms with Gasteiger partial charge in [0.1, 0.15) is 0 Å². The molecule has 76 valence electrons. The number of rotatable bonds is 1. The van der Waals surface area contributed by atoms with Crippen LogP contribution >= 0.6 is 11.6 Å². The quantitative estimate of drug-likeness (QED) is 0.740. The van der Waals surface area contributed by atoms with Crippen molar-refractivity contribution in [3.8, 4) is 0 Å². The van der Waals surface area contributed by atoms with Crippen molar-refractivity contribution < 1.29 is 0 Å². The highest BCUT2D eigenvalue weighted by atomic mass is 35.5. The van der Waals surface area contributed by atoms with E-state index in [4.69, 9.17) is 11.6 Å². The lowest BCUT2D eigenvalue weighted by atomic mass is 10.2. The predicted octanol–water partition coefficient (Wildman–Crippen LogP) is 2.77. The second-order valence-electron chi connectivity index (χ2n) is 2.51. The summed E-state index contributed by atoms with van der Waals surface area (Å²) in [5.41, 5.74) is 2.64. The molecule has 0 saturated carbocycles. The molecule has 0 atom stereocenters. The number of nitrogens with zero attached hydrogens (tertiary/aromatic N) is 3. The van der Waals surface area contributed by atoms with Crippen LogP contribution in [0, 0.1) is 0 Å². The van der Waals surface area contributed by atoms with E-state index in [9.17, 15) is 0 Å². The lowest BCUT2D eigenvalue weighted by Gasteiger charge is -1.86. The van der Waals surface area contributed by atoms with Gasteiger partial charge in [0.25, 0.3) is 0 Å². The Bertz CT molecular complexity index is 349. The minimum Gasteiger partial charge on any atom is -0.139 e. The van der Waals surface area contributed by atoms with Gasteiger partial charge in [-0.25, -0.2) is 0 Å². The molecule has 4 heteroatoms. The maximum atomic E-state index is 5.36. The van der Waals surface area contributed by atoms with Gasteiger partial charge in [0.2, 0.25) is 0 Å². The molecule has 0 N–H and O–H groups in total. The van der Waals surface area contributed by atoms with Gasteiger partial charge in [0, 0.05) is 5.54 Å². The largest absolute Gasteiger partial charge is 0.139 e. The first-order chi connectivity index (χ1) is 7.43. The van der Waals surface area contributed by atoms with Gasteiger partial charge in [0.15, 0.2) is 0 Å². The van der Waals surface area contributed by atoms with Crippen LogP contribution in [0.3, 0.4) is 0 Å². The van der Waals surface area contributed by atoms with Crippen LogP contribution < -0.4 is 0 Å². The lowest BCUT2D eigenvalue weighted by Crippen LogP contribution is -1.78. The van der Waals surface area contributed by atoms with Gasteiger partial charge in [-0.15, -0.1) is 10.2 Å². The number of aromatic nitrogens is 3. The van der Waals surface area contributed by atoms with Crippen molar-refractivity contribution >= 4 is 17.7 Å². The van der Waals surface area contributed by atoms with E-state index in [1.807, 2.05) is 36.4 Å². The maximum absolute atomic E-state index is 5.36. The van der Waals surface area contributed by atoms with Gasteiger partial charge in [-0.1, -0.05) is 41.9 Å². The standard InChI is InChI=1S/C8H7Cl.C3H3N3/c9-7-6-8-4-2-1-3-5-8;1-2-4-6-5-3-1/h1-7H;1-3H. The Kier molecular flexibility index (Phi) is 5.78. The van der Waals surface area contributed by atoms with Crippen molar-refractivity contribution in [3.63, 3.8) is 0 Å². The minimum atomic E-state index is 1.13. The Morgan fingerprint density at radius 2 is 1.60 bits per heavy atom. The normalized spacial score (nSPS) is 9.40. The molecule has 0 aliphatic heterocycles. The molecule has 0 unspecified atom stereocenters. The first-order valence-corrected chi connectivity index (χ1v) is 4.77. The van der Waals surface area contributed by atoms with E-state index in [1.54, 1.807) is 18.5 Å². The molecule has 0 radical (unpaired) electrons. The SMILES string of the molecule is ClC=Cc1ccccc1.c1cnnnc1. The second-order valence-corrected chi connectivity index (χ2v) is 2.77. The summed E-state index contributed by atoms with van der Waals surface area (Å²) in [6, 6.07) is 11.6. The molecular weight excluding hydrogens is 210 g/mol. The Labute approximate surface area is 93.4 Å². The average molecular weight is 220 g/mol. The average Bonchev–Trinajstić information content (AvgIpc) is 2.34. The van der Waals surface area contributed by atoms with E-state index in [0.29, 0.717) is 0 Å². The summed E-state index contributed by atoms with van der Waals surface area (Å²) in [7, 11) is 0. The summed E-state index contributed by atoms with van der Waals surface area (Å²) >= 11 is 5.36. The highest BCUT2D eigenvalue weighted by molar-refractivity contribution is 6.27. The minimum absolute atomic E-state index is 1.13. The molecule has 2 rings (SSSR count).